The molecule has 24 heavy (non-hydrogen) atoms. The molecule has 2 N–H and O–H groups in total. The van der Waals surface area contributed by atoms with Gasteiger partial charge in [-0.2, -0.15) is 0 Å². The zero-order valence-electron chi connectivity index (χ0n) is 13.9. The highest BCUT2D eigenvalue weighted by molar-refractivity contribution is 6.09. The smallest absolute Gasteiger partial charge is 0.290 e. The van der Waals surface area contributed by atoms with Gasteiger partial charge in [0.2, 0.25) is 0 Å². The van der Waals surface area contributed by atoms with Crippen molar-refractivity contribution >= 4 is 11.7 Å². The summed E-state index contributed by atoms with van der Waals surface area (Å²) in [6.45, 7) is 1.72. The van der Waals surface area contributed by atoms with Gasteiger partial charge in [0.15, 0.2) is 11.5 Å². The van der Waals surface area contributed by atoms with E-state index in [0.717, 1.165) is 32.1 Å². The number of carbonyl (C=O) groups excluding carboxylic acids is 2. The molecule has 5 nitrogen and oxygen atoms in total. The molecule has 1 fully saturated rings. The monoisotopic (exact) mass is 329 g/mol. The molecule has 1 amide bonds. The zero-order chi connectivity index (χ0) is 17.3. The summed E-state index contributed by atoms with van der Waals surface area (Å²) in [5.74, 6) is -1.04. The maximum Gasteiger partial charge on any atom is 0.290 e. The van der Waals surface area contributed by atoms with E-state index in [9.17, 15) is 19.8 Å². The minimum atomic E-state index is -0.611. The highest BCUT2D eigenvalue weighted by Crippen LogP contribution is 2.42. The molecule has 0 aromatic heterocycles. The second-order valence-electron chi connectivity index (χ2n) is 6.54. The first-order valence-corrected chi connectivity index (χ1v) is 8.62. The number of hydrogen-bond donors (Lipinski definition) is 2. The molecule has 1 saturated carbocycles. The van der Waals surface area contributed by atoms with Crippen LogP contribution in [0.4, 0.5) is 0 Å². The van der Waals surface area contributed by atoms with Crippen molar-refractivity contribution in [2.75, 3.05) is 0 Å². The molecule has 1 aliphatic carbocycles. The van der Waals surface area contributed by atoms with E-state index in [0.29, 0.717) is 5.56 Å². The van der Waals surface area contributed by atoms with Crippen LogP contribution in [0.15, 0.2) is 35.6 Å². The lowest BCUT2D eigenvalue weighted by Gasteiger charge is -2.36. The van der Waals surface area contributed by atoms with E-state index in [-0.39, 0.29) is 29.6 Å². The number of amides is 1. The quantitative estimate of drug-likeness (QED) is 0.887. The Morgan fingerprint density at radius 3 is 2.54 bits per heavy atom. The number of phenolic OH excluding ortho intramolecular Hbond substituents is 1. The molecule has 0 bridgehead atoms. The fourth-order valence-corrected chi connectivity index (χ4v) is 3.86. The maximum absolute atomic E-state index is 12.7. The highest BCUT2D eigenvalue weighted by atomic mass is 16.3. The lowest BCUT2D eigenvalue weighted by molar-refractivity contribution is -0.132. The van der Waals surface area contributed by atoms with E-state index in [1.807, 2.05) is 0 Å². The predicted molar refractivity (Wildman–Crippen MR) is 89.5 cm³/mol. The minimum absolute atomic E-state index is 0.0166. The molecular weight excluding hydrogens is 306 g/mol. The van der Waals surface area contributed by atoms with Crippen molar-refractivity contribution in [3.05, 3.63) is 41.2 Å². The van der Waals surface area contributed by atoms with Gasteiger partial charge in [-0.1, -0.05) is 38.3 Å². The molecule has 1 unspecified atom stereocenters. The molecule has 0 radical (unpaired) electrons. The summed E-state index contributed by atoms with van der Waals surface area (Å²) in [4.78, 5) is 26.8. The Morgan fingerprint density at radius 2 is 1.92 bits per heavy atom. The van der Waals surface area contributed by atoms with Crippen LogP contribution >= 0.6 is 0 Å². The van der Waals surface area contributed by atoms with Crippen LogP contribution in [-0.2, 0) is 9.59 Å². The van der Waals surface area contributed by atoms with Gasteiger partial charge in [0, 0.05) is 12.5 Å². The predicted octanol–water partition coefficient (Wildman–Crippen LogP) is 3.40. The van der Waals surface area contributed by atoms with Crippen LogP contribution in [0.2, 0.25) is 0 Å². The maximum atomic E-state index is 12.7. The van der Waals surface area contributed by atoms with Crippen LogP contribution in [0.5, 0.6) is 5.75 Å². The van der Waals surface area contributed by atoms with Gasteiger partial charge in [-0.15, -0.1) is 0 Å². The molecule has 1 aromatic rings. The summed E-state index contributed by atoms with van der Waals surface area (Å²) in [6, 6.07) is 6.00. The Morgan fingerprint density at radius 1 is 1.21 bits per heavy atom. The number of hydrogen-bond acceptors (Lipinski definition) is 4. The minimum Gasteiger partial charge on any atom is -0.508 e. The fourth-order valence-electron chi connectivity index (χ4n) is 3.86. The first-order chi connectivity index (χ1) is 11.5. The van der Waals surface area contributed by atoms with Crippen molar-refractivity contribution in [2.24, 2.45) is 0 Å². The van der Waals surface area contributed by atoms with Crippen LogP contribution in [-0.4, -0.2) is 32.8 Å². The van der Waals surface area contributed by atoms with E-state index in [4.69, 9.17) is 0 Å². The van der Waals surface area contributed by atoms with Crippen LogP contribution in [0.3, 0.4) is 0 Å². The summed E-state index contributed by atoms with van der Waals surface area (Å²) in [5.41, 5.74) is 0.827. The number of benzene rings is 1. The summed E-state index contributed by atoms with van der Waals surface area (Å²) in [6.07, 6.45) is 5.21. The Bertz CT molecular complexity index is 688. The molecule has 128 valence electrons. The second kappa shape index (κ2) is 6.67. The van der Waals surface area contributed by atoms with Crippen LogP contribution in [0.25, 0.3) is 0 Å². The van der Waals surface area contributed by atoms with E-state index in [1.165, 1.54) is 0 Å². The Balaban J connectivity index is 2.07. The average molecular weight is 329 g/mol. The van der Waals surface area contributed by atoms with Crippen molar-refractivity contribution in [3.8, 4) is 5.75 Å². The Labute approximate surface area is 141 Å². The average Bonchev–Trinajstić information content (AvgIpc) is 2.86. The van der Waals surface area contributed by atoms with Gasteiger partial charge < -0.3 is 15.1 Å². The van der Waals surface area contributed by atoms with E-state index < -0.39 is 17.7 Å². The third kappa shape index (κ3) is 2.79. The van der Waals surface area contributed by atoms with Crippen molar-refractivity contribution in [2.45, 2.75) is 57.5 Å². The van der Waals surface area contributed by atoms with E-state index in [2.05, 4.69) is 0 Å². The van der Waals surface area contributed by atoms with Crippen molar-refractivity contribution in [1.82, 2.24) is 4.90 Å². The van der Waals surface area contributed by atoms with Crippen molar-refractivity contribution in [3.63, 3.8) is 0 Å². The summed E-state index contributed by atoms with van der Waals surface area (Å²) in [5, 5.41) is 20.2. The van der Waals surface area contributed by atoms with E-state index >= 15 is 0 Å². The first kappa shape index (κ1) is 16.6. The van der Waals surface area contributed by atoms with Gasteiger partial charge in [-0.05, 0) is 30.5 Å². The molecule has 3 rings (SSSR count). The standard InChI is InChI=1S/C19H23NO4/c1-2-15(22)16-17(12-7-6-10-14(21)11-12)20(19(24)18(16)23)13-8-4-3-5-9-13/h6-7,10-11,13,17,21,23H,2-5,8-9H2,1H3. The lowest BCUT2D eigenvalue weighted by atomic mass is 9.90. The number of phenols is 1. The number of Topliss-reactive ketones (excluding diaryl/α,β-unsaturated/α-hetero) is 1. The molecule has 2 aliphatic rings. The zero-order valence-corrected chi connectivity index (χ0v) is 13.9. The number of aliphatic hydroxyl groups excluding tert-OH is 1. The number of ketones is 1. The second-order valence-corrected chi connectivity index (χ2v) is 6.54. The molecule has 5 heteroatoms. The molecule has 0 spiro atoms. The number of carbonyl (C=O) groups is 2. The van der Waals surface area contributed by atoms with Gasteiger partial charge in [0.25, 0.3) is 5.91 Å². The molecule has 1 heterocycles. The number of aliphatic hydroxyl groups is 1. The van der Waals surface area contributed by atoms with Gasteiger partial charge in [-0.25, -0.2) is 0 Å². The van der Waals surface area contributed by atoms with Crippen LogP contribution < -0.4 is 0 Å². The number of nitrogens with zero attached hydrogens (tertiary/aromatic N) is 1. The highest BCUT2D eigenvalue weighted by Gasteiger charge is 2.46. The SMILES string of the molecule is CCC(=O)C1=C(O)C(=O)N(C2CCCCC2)C1c1cccc(O)c1. The normalized spacial score (nSPS) is 22.3. The fraction of sp³-hybridized carbons (Fsp3) is 0.474. The Hall–Kier alpha value is -2.30. The molecule has 0 saturated heterocycles. The van der Waals surface area contributed by atoms with Crippen molar-refractivity contribution in [1.29, 1.82) is 0 Å². The number of rotatable bonds is 4. The molecule has 1 aromatic carbocycles. The topological polar surface area (TPSA) is 77.8 Å². The van der Waals surface area contributed by atoms with Crippen molar-refractivity contribution < 1.29 is 19.8 Å². The molecule has 1 aliphatic heterocycles. The van der Waals surface area contributed by atoms with Gasteiger partial charge >= 0.3 is 0 Å². The molecular formula is C19H23NO4. The molecule has 1 atom stereocenters. The largest absolute Gasteiger partial charge is 0.508 e. The summed E-state index contributed by atoms with van der Waals surface area (Å²) < 4.78 is 0. The van der Waals surface area contributed by atoms with E-state index in [1.54, 1.807) is 36.1 Å². The van der Waals surface area contributed by atoms with Crippen LogP contribution in [0, 0.1) is 0 Å². The summed E-state index contributed by atoms with van der Waals surface area (Å²) >= 11 is 0. The lowest BCUT2D eigenvalue weighted by Crippen LogP contribution is -2.41. The Kier molecular flexibility index (Phi) is 4.60. The first-order valence-electron chi connectivity index (χ1n) is 8.62. The third-order valence-electron chi connectivity index (χ3n) is 5.02. The van der Waals surface area contributed by atoms with Crippen LogP contribution in [0.1, 0.15) is 57.1 Å². The van der Waals surface area contributed by atoms with Gasteiger partial charge in [0.05, 0.1) is 11.6 Å². The number of aromatic hydroxyl groups is 1. The third-order valence-corrected chi connectivity index (χ3v) is 5.02. The summed E-state index contributed by atoms with van der Waals surface area (Å²) in [7, 11) is 0. The van der Waals surface area contributed by atoms with Gasteiger partial charge in [-0.3, -0.25) is 9.59 Å². The van der Waals surface area contributed by atoms with Gasteiger partial charge in [0.1, 0.15) is 5.75 Å².